The number of benzene rings is 4. The molecule has 4 aromatic carbocycles. The Morgan fingerprint density at radius 1 is 0.733 bits per heavy atom. The van der Waals surface area contributed by atoms with Crippen molar-refractivity contribution in [3.63, 3.8) is 0 Å². The van der Waals surface area contributed by atoms with Gasteiger partial charge in [-0.3, -0.25) is 0 Å². The van der Waals surface area contributed by atoms with E-state index >= 15 is 0 Å². The molecule has 0 aliphatic rings. The first kappa shape index (κ1) is 17.5. The lowest BCUT2D eigenvalue weighted by molar-refractivity contribution is 0.869. The zero-order valence-electron chi connectivity index (χ0n) is 16.9. The Balaban J connectivity index is 1.61. The molecule has 0 saturated heterocycles. The van der Waals surface area contributed by atoms with Gasteiger partial charge < -0.3 is 0 Å². The fourth-order valence-electron chi connectivity index (χ4n) is 4.24. The van der Waals surface area contributed by atoms with E-state index in [1.165, 1.54) is 37.2 Å². The van der Waals surface area contributed by atoms with Gasteiger partial charge in [0.15, 0.2) is 0 Å². The average Bonchev–Trinajstić information content (AvgIpc) is 3.14. The summed E-state index contributed by atoms with van der Waals surface area (Å²) in [6.07, 6.45) is 1.70. The van der Waals surface area contributed by atoms with Crippen LogP contribution in [-0.2, 0) is 0 Å². The monoisotopic (exact) mass is 404 g/mol. The second kappa shape index (κ2) is 6.61. The van der Waals surface area contributed by atoms with Crippen molar-refractivity contribution in [2.75, 3.05) is 0 Å². The molecule has 0 spiro atoms. The smallest absolute Gasteiger partial charge is 0.116 e. The topological polar surface area (TPSA) is 25.8 Å². The van der Waals surface area contributed by atoms with Crippen molar-refractivity contribution >= 4 is 53.2 Å². The molecule has 0 fully saturated rings. The van der Waals surface area contributed by atoms with Gasteiger partial charge >= 0.3 is 0 Å². The lowest BCUT2D eigenvalue weighted by Crippen LogP contribution is -1.87. The summed E-state index contributed by atoms with van der Waals surface area (Å²) in [6, 6.07) is 26.4. The van der Waals surface area contributed by atoms with Crippen LogP contribution in [0.25, 0.3) is 53.1 Å². The molecule has 2 aromatic heterocycles. The van der Waals surface area contributed by atoms with Crippen molar-refractivity contribution in [2.24, 2.45) is 0 Å². The van der Waals surface area contributed by atoms with Gasteiger partial charge in [-0.2, -0.15) is 0 Å². The Morgan fingerprint density at radius 3 is 2.40 bits per heavy atom. The highest BCUT2D eigenvalue weighted by atomic mass is 32.1. The van der Waals surface area contributed by atoms with Crippen LogP contribution in [-0.4, -0.2) is 9.97 Å². The number of hydrogen-bond donors (Lipinski definition) is 0. The molecule has 0 unspecified atom stereocenters. The van der Waals surface area contributed by atoms with Crippen molar-refractivity contribution in [3.8, 4) is 11.3 Å². The van der Waals surface area contributed by atoms with Gasteiger partial charge in [-0.05, 0) is 51.2 Å². The number of nitrogens with zero attached hydrogens (tertiary/aromatic N) is 2. The SMILES string of the molecule is CC(C)c1ccc2cc3c(cc2c1)sc1c(-c2ccc4ccccc4c2)ncnc13. The zero-order valence-corrected chi connectivity index (χ0v) is 17.7. The molecule has 2 nitrogen and oxygen atoms in total. The van der Waals surface area contributed by atoms with Crippen LogP contribution in [0, 0.1) is 0 Å². The normalized spacial score (nSPS) is 12.0. The maximum atomic E-state index is 4.69. The van der Waals surface area contributed by atoms with E-state index in [4.69, 9.17) is 0 Å². The molecule has 6 aromatic rings. The third-order valence-electron chi connectivity index (χ3n) is 5.92. The summed E-state index contributed by atoms with van der Waals surface area (Å²) in [5.74, 6) is 0.526. The summed E-state index contributed by atoms with van der Waals surface area (Å²) in [4.78, 5) is 9.36. The van der Waals surface area contributed by atoms with Gasteiger partial charge in [0.2, 0.25) is 0 Å². The van der Waals surface area contributed by atoms with Gasteiger partial charge in [0.1, 0.15) is 6.33 Å². The molecule has 2 heterocycles. The molecule has 0 atom stereocenters. The Bertz CT molecular complexity index is 1580. The summed E-state index contributed by atoms with van der Waals surface area (Å²) in [5, 5.41) is 6.24. The van der Waals surface area contributed by atoms with Gasteiger partial charge in [0.05, 0.1) is 15.9 Å². The van der Waals surface area contributed by atoms with Crippen molar-refractivity contribution in [2.45, 2.75) is 19.8 Å². The first-order chi connectivity index (χ1) is 14.7. The minimum atomic E-state index is 0.526. The summed E-state index contributed by atoms with van der Waals surface area (Å²) >= 11 is 1.79. The zero-order chi connectivity index (χ0) is 20.2. The van der Waals surface area contributed by atoms with Crippen LogP contribution in [0.1, 0.15) is 25.3 Å². The van der Waals surface area contributed by atoms with E-state index in [2.05, 4.69) is 96.6 Å². The first-order valence-electron chi connectivity index (χ1n) is 10.3. The minimum absolute atomic E-state index is 0.526. The van der Waals surface area contributed by atoms with Crippen molar-refractivity contribution in [1.82, 2.24) is 9.97 Å². The molecule has 0 aliphatic carbocycles. The predicted molar refractivity (Wildman–Crippen MR) is 129 cm³/mol. The van der Waals surface area contributed by atoms with E-state index in [1.54, 1.807) is 17.7 Å². The quantitative estimate of drug-likeness (QED) is 0.293. The van der Waals surface area contributed by atoms with Crippen LogP contribution >= 0.6 is 11.3 Å². The van der Waals surface area contributed by atoms with Crippen molar-refractivity contribution < 1.29 is 0 Å². The van der Waals surface area contributed by atoms with Crippen LogP contribution in [0.15, 0.2) is 79.1 Å². The van der Waals surface area contributed by atoms with E-state index in [1.807, 2.05) is 0 Å². The van der Waals surface area contributed by atoms with Crippen LogP contribution in [0.3, 0.4) is 0 Å². The van der Waals surface area contributed by atoms with Crippen LogP contribution < -0.4 is 0 Å². The lowest BCUT2D eigenvalue weighted by atomic mass is 9.98. The summed E-state index contributed by atoms with van der Waals surface area (Å²) in [6.45, 7) is 4.48. The largest absolute Gasteiger partial charge is 0.235 e. The molecule has 0 radical (unpaired) electrons. The maximum absolute atomic E-state index is 4.69. The molecular weight excluding hydrogens is 384 g/mol. The first-order valence-corrected chi connectivity index (χ1v) is 11.1. The third kappa shape index (κ3) is 2.70. The van der Waals surface area contributed by atoms with Crippen molar-refractivity contribution in [3.05, 3.63) is 84.7 Å². The number of thiophene rings is 1. The average molecular weight is 405 g/mol. The molecule has 0 N–H and O–H groups in total. The Morgan fingerprint density at radius 2 is 1.53 bits per heavy atom. The summed E-state index contributed by atoms with van der Waals surface area (Å²) < 4.78 is 2.42. The molecule has 6 rings (SSSR count). The molecule has 30 heavy (non-hydrogen) atoms. The molecule has 3 heteroatoms. The number of rotatable bonds is 2. The maximum Gasteiger partial charge on any atom is 0.116 e. The second-order valence-electron chi connectivity index (χ2n) is 8.17. The molecule has 0 amide bonds. The number of hydrogen-bond acceptors (Lipinski definition) is 3. The molecule has 144 valence electrons. The highest BCUT2D eigenvalue weighted by Gasteiger charge is 2.14. The number of fused-ring (bicyclic) bond motifs is 5. The fourth-order valence-corrected chi connectivity index (χ4v) is 5.44. The van der Waals surface area contributed by atoms with E-state index in [0.717, 1.165) is 21.5 Å². The lowest BCUT2D eigenvalue weighted by Gasteiger charge is -2.07. The Kier molecular flexibility index (Phi) is 3.87. The highest BCUT2D eigenvalue weighted by Crippen LogP contribution is 2.40. The highest BCUT2D eigenvalue weighted by molar-refractivity contribution is 7.26. The van der Waals surface area contributed by atoms with E-state index in [-0.39, 0.29) is 0 Å². The second-order valence-corrected chi connectivity index (χ2v) is 9.23. The van der Waals surface area contributed by atoms with Crippen LogP contribution in [0.5, 0.6) is 0 Å². The molecule has 0 saturated carbocycles. The van der Waals surface area contributed by atoms with E-state index < -0.39 is 0 Å². The van der Waals surface area contributed by atoms with Gasteiger partial charge in [-0.25, -0.2) is 9.97 Å². The van der Waals surface area contributed by atoms with E-state index in [9.17, 15) is 0 Å². The standard InChI is InChI=1S/C27H20N2S/c1-16(2)18-8-9-20-13-23-24(14-22(20)11-18)30-27-25(28-15-29-26(23)27)21-10-7-17-5-3-4-6-19(17)12-21/h3-16H,1-2H3. The number of aromatic nitrogens is 2. The fraction of sp³-hybridized carbons (Fsp3) is 0.111. The van der Waals surface area contributed by atoms with Crippen LogP contribution in [0.4, 0.5) is 0 Å². The van der Waals surface area contributed by atoms with Gasteiger partial charge in [-0.15, -0.1) is 11.3 Å². The summed E-state index contributed by atoms with van der Waals surface area (Å²) in [7, 11) is 0. The Labute approximate surface area is 178 Å². The minimum Gasteiger partial charge on any atom is -0.235 e. The van der Waals surface area contributed by atoms with Gasteiger partial charge in [0, 0.05) is 15.6 Å². The summed E-state index contributed by atoms with van der Waals surface area (Å²) in [5.41, 5.74) is 4.57. The van der Waals surface area contributed by atoms with Gasteiger partial charge in [-0.1, -0.05) is 68.4 Å². The molecule has 0 bridgehead atoms. The molecule has 0 aliphatic heterocycles. The third-order valence-corrected chi connectivity index (χ3v) is 7.07. The Hall–Kier alpha value is -3.30. The predicted octanol–water partition coefficient (Wildman–Crippen LogP) is 7.94. The molecular formula is C27H20N2S. The van der Waals surface area contributed by atoms with Crippen LogP contribution in [0.2, 0.25) is 0 Å². The van der Waals surface area contributed by atoms with Crippen molar-refractivity contribution in [1.29, 1.82) is 0 Å². The van der Waals surface area contributed by atoms with Gasteiger partial charge in [0.25, 0.3) is 0 Å². The van der Waals surface area contributed by atoms with E-state index in [0.29, 0.717) is 5.92 Å².